The molecule has 0 bridgehead atoms. The molecule has 1 aromatic heterocycles. The minimum Gasteiger partial charge on any atom is -0.379 e. The fraction of sp³-hybridized carbons (Fsp3) is 0.452. The van der Waals surface area contributed by atoms with Gasteiger partial charge in [0.15, 0.2) is 0 Å². The third-order valence-corrected chi connectivity index (χ3v) is 7.39. The van der Waals surface area contributed by atoms with Gasteiger partial charge in [-0.1, -0.05) is 48.9 Å². The molecule has 0 radical (unpaired) electrons. The Hall–Kier alpha value is -3.51. The largest absolute Gasteiger partial charge is 0.379 e. The first-order valence-corrected chi connectivity index (χ1v) is 14.0. The zero-order chi connectivity index (χ0) is 27.1. The van der Waals surface area contributed by atoms with Gasteiger partial charge in [-0.15, -0.1) is 0 Å². The molecule has 1 amide bonds. The van der Waals surface area contributed by atoms with Crippen LogP contribution in [0.5, 0.6) is 0 Å². The standard InChI is InChI=1S/C17H26N2O.C14H14N4O/c1-3-7-16(8-4-1)17(19-11-13-20-14-12-19)15-18-9-5-2-6-10-18;15-7-12-1-3-13(4-2-12)9-18-10-17-8-14(18)5-6-16-11-19/h1,3-4,7-8,17H,2,5-6,9-15H2;1-4,8,10-11H,5-6,9H2,(H,16,19). The van der Waals surface area contributed by atoms with Crippen LogP contribution >= 0.6 is 0 Å². The predicted molar refractivity (Wildman–Crippen MR) is 152 cm³/mol. The number of imidazole rings is 1. The summed E-state index contributed by atoms with van der Waals surface area (Å²) in [5.74, 6) is 0. The quantitative estimate of drug-likeness (QED) is 0.319. The predicted octanol–water partition coefficient (Wildman–Crippen LogP) is 3.64. The van der Waals surface area contributed by atoms with Crippen molar-refractivity contribution in [1.82, 2.24) is 24.7 Å². The molecular formula is C31H40N6O2. The van der Waals surface area contributed by atoms with E-state index in [4.69, 9.17) is 10.00 Å². The van der Waals surface area contributed by atoms with Gasteiger partial charge in [0.2, 0.25) is 6.41 Å². The van der Waals surface area contributed by atoms with Gasteiger partial charge >= 0.3 is 0 Å². The van der Waals surface area contributed by atoms with Gasteiger partial charge in [-0.25, -0.2) is 4.98 Å². The van der Waals surface area contributed by atoms with E-state index in [-0.39, 0.29) is 0 Å². The normalized spacial score (nSPS) is 16.9. The van der Waals surface area contributed by atoms with Crippen LogP contribution in [0.2, 0.25) is 0 Å². The van der Waals surface area contributed by atoms with Gasteiger partial charge in [-0.05, 0) is 49.2 Å². The lowest BCUT2D eigenvalue weighted by atomic mass is 10.0. The number of amides is 1. The minimum atomic E-state index is 0.526. The SMILES string of the molecule is N#Cc1ccc(Cn2cncc2CCNC=O)cc1.c1ccc(C(CN2CCCCC2)N2CCOCC2)cc1. The summed E-state index contributed by atoms with van der Waals surface area (Å²) in [6.07, 6.45) is 9.15. The Morgan fingerprint density at radius 2 is 1.74 bits per heavy atom. The lowest BCUT2D eigenvalue weighted by molar-refractivity contribution is -0.109. The molecule has 3 heterocycles. The van der Waals surface area contributed by atoms with Crippen molar-refractivity contribution in [2.45, 2.75) is 38.3 Å². The van der Waals surface area contributed by atoms with Crippen LogP contribution in [0.1, 0.15) is 47.7 Å². The van der Waals surface area contributed by atoms with Crippen LogP contribution in [-0.4, -0.2) is 78.2 Å². The first kappa shape index (κ1) is 28.5. The van der Waals surface area contributed by atoms with Crippen molar-refractivity contribution in [1.29, 1.82) is 5.26 Å². The van der Waals surface area contributed by atoms with Crippen LogP contribution in [0.25, 0.3) is 0 Å². The lowest BCUT2D eigenvalue weighted by Gasteiger charge is -2.38. The molecule has 2 saturated heterocycles. The van der Waals surface area contributed by atoms with E-state index in [9.17, 15) is 4.79 Å². The number of nitriles is 1. The first-order chi connectivity index (χ1) is 19.3. The van der Waals surface area contributed by atoms with Crippen molar-refractivity contribution in [3.63, 3.8) is 0 Å². The molecule has 2 aliphatic heterocycles. The van der Waals surface area contributed by atoms with E-state index in [2.05, 4.69) is 56.5 Å². The Labute approximate surface area is 232 Å². The van der Waals surface area contributed by atoms with Crippen LogP contribution in [0.3, 0.4) is 0 Å². The molecule has 0 spiro atoms. The van der Waals surface area contributed by atoms with Gasteiger partial charge in [0.05, 0.1) is 31.2 Å². The fourth-order valence-electron chi connectivity index (χ4n) is 5.22. The third-order valence-electron chi connectivity index (χ3n) is 7.39. The molecule has 39 heavy (non-hydrogen) atoms. The maximum atomic E-state index is 10.2. The number of likely N-dealkylation sites (tertiary alicyclic amines) is 1. The number of nitrogens with zero attached hydrogens (tertiary/aromatic N) is 5. The number of hydrogen-bond acceptors (Lipinski definition) is 6. The Bertz CT molecular complexity index is 1150. The number of ether oxygens (including phenoxy) is 1. The number of carbonyl (C=O) groups excluding carboxylic acids is 1. The number of piperidine rings is 1. The number of hydrogen-bond donors (Lipinski definition) is 1. The second-order valence-corrected chi connectivity index (χ2v) is 10.1. The molecule has 2 aromatic carbocycles. The summed E-state index contributed by atoms with van der Waals surface area (Å²) in [7, 11) is 0. The van der Waals surface area contributed by atoms with E-state index >= 15 is 0 Å². The number of aromatic nitrogens is 2. The van der Waals surface area contributed by atoms with Crippen LogP contribution in [0.15, 0.2) is 67.1 Å². The molecule has 1 unspecified atom stereocenters. The summed E-state index contributed by atoms with van der Waals surface area (Å²) in [5, 5.41) is 11.4. The Morgan fingerprint density at radius 3 is 2.44 bits per heavy atom. The highest BCUT2D eigenvalue weighted by molar-refractivity contribution is 5.45. The number of rotatable bonds is 10. The van der Waals surface area contributed by atoms with Gasteiger partial charge in [-0.2, -0.15) is 5.26 Å². The molecule has 2 fully saturated rings. The van der Waals surface area contributed by atoms with Crippen molar-refractivity contribution in [3.05, 3.63) is 89.5 Å². The van der Waals surface area contributed by atoms with Gasteiger partial charge in [0, 0.05) is 57.1 Å². The maximum absolute atomic E-state index is 10.2. The summed E-state index contributed by atoms with van der Waals surface area (Å²) >= 11 is 0. The number of carbonyl (C=O) groups is 1. The van der Waals surface area contributed by atoms with Crippen LogP contribution in [-0.2, 0) is 22.5 Å². The second-order valence-electron chi connectivity index (χ2n) is 10.1. The molecule has 0 saturated carbocycles. The van der Waals surface area contributed by atoms with E-state index in [1.165, 1.54) is 44.5 Å². The lowest BCUT2D eigenvalue weighted by Crippen LogP contribution is -2.44. The highest BCUT2D eigenvalue weighted by Gasteiger charge is 2.25. The molecule has 3 aromatic rings. The highest BCUT2D eigenvalue weighted by atomic mass is 16.5. The summed E-state index contributed by atoms with van der Waals surface area (Å²) in [6, 6.07) is 21.1. The van der Waals surface area contributed by atoms with E-state index in [0.29, 0.717) is 31.1 Å². The van der Waals surface area contributed by atoms with Crippen molar-refractivity contribution in [2.75, 3.05) is 52.5 Å². The Balaban J connectivity index is 0.000000181. The van der Waals surface area contributed by atoms with Crippen molar-refractivity contribution < 1.29 is 9.53 Å². The maximum Gasteiger partial charge on any atom is 0.207 e. The Morgan fingerprint density at radius 1 is 1.00 bits per heavy atom. The van der Waals surface area contributed by atoms with Gasteiger partial charge in [-0.3, -0.25) is 9.69 Å². The molecule has 1 N–H and O–H groups in total. The number of benzene rings is 2. The van der Waals surface area contributed by atoms with Gasteiger partial charge < -0.3 is 19.5 Å². The van der Waals surface area contributed by atoms with Crippen LogP contribution in [0.4, 0.5) is 0 Å². The molecule has 0 aliphatic carbocycles. The van der Waals surface area contributed by atoms with Crippen molar-refractivity contribution >= 4 is 6.41 Å². The van der Waals surface area contributed by atoms with Gasteiger partial charge in [0.25, 0.3) is 0 Å². The fourth-order valence-corrected chi connectivity index (χ4v) is 5.22. The van der Waals surface area contributed by atoms with E-state index in [1.54, 1.807) is 24.7 Å². The van der Waals surface area contributed by atoms with Crippen molar-refractivity contribution in [3.8, 4) is 6.07 Å². The average molecular weight is 529 g/mol. The van der Waals surface area contributed by atoms with Crippen molar-refractivity contribution in [2.24, 2.45) is 0 Å². The van der Waals surface area contributed by atoms with E-state index < -0.39 is 0 Å². The topological polar surface area (TPSA) is 86.4 Å². The van der Waals surface area contributed by atoms with Gasteiger partial charge in [0.1, 0.15) is 0 Å². The molecule has 5 rings (SSSR count). The van der Waals surface area contributed by atoms with E-state index in [0.717, 1.165) is 44.0 Å². The van der Waals surface area contributed by atoms with Crippen LogP contribution in [0, 0.1) is 11.3 Å². The molecule has 206 valence electrons. The molecule has 8 nitrogen and oxygen atoms in total. The molecular weight excluding hydrogens is 488 g/mol. The average Bonchev–Trinajstić information content (AvgIpc) is 3.45. The van der Waals surface area contributed by atoms with Crippen LogP contribution < -0.4 is 5.32 Å². The third kappa shape index (κ3) is 9.03. The number of nitrogens with one attached hydrogen (secondary N) is 1. The highest BCUT2D eigenvalue weighted by Crippen LogP contribution is 2.24. The summed E-state index contributed by atoms with van der Waals surface area (Å²) in [5.41, 5.74) is 4.30. The van der Waals surface area contributed by atoms with E-state index in [1.807, 2.05) is 16.7 Å². The summed E-state index contributed by atoms with van der Waals surface area (Å²) < 4.78 is 7.56. The monoisotopic (exact) mass is 528 g/mol. The summed E-state index contributed by atoms with van der Waals surface area (Å²) in [4.78, 5) is 19.6. The molecule has 2 aliphatic rings. The summed E-state index contributed by atoms with van der Waals surface area (Å²) in [6.45, 7) is 8.91. The Kier molecular flexibility index (Phi) is 11.5. The second kappa shape index (κ2) is 15.8. The zero-order valence-corrected chi connectivity index (χ0v) is 22.8. The number of morpholine rings is 1. The smallest absolute Gasteiger partial charge is 0.207 e. The molecule has 8 heteroatoms. The zero-order valence-electron chi connectivity index (χ0n) is 22.8. The molecule has 1 atom stereocenters. The minimum absolute atomic E-state index is 0.526. The first-order valence-electron chi connectivity index (χ1n) is 14.0.